The Morgan fingerprint density at radius 2 is 1.76 bits per heavy atom. The Balaban J connectivity index is 1.80. The number of hydrogen-bond donors (Lipinski definition) is 1. The van der Waals surface area contributed by atoms with E-state index in [1.54, 1.807) is 47.4 Å². The van der Waals surface area contributed by atoms with E-state index < -0.39 is 16.1 Å². The number of carbonyl (C=O) groups excluding carboxylic acids is 2. The molecule has 0 saturated heterocycles. The molecule has 1 aliphatic carbocycles. The number of carbonyl (C=O) groups is 2. The Bertz CT molecular complexity index is 1280. The Labute approximate surface area is 254 Å². The van der Waals surface area contributed by atoms with Crippen molar-refractivity contribution in [3.63, 3.8) is 0 Å². The van der Waals surface area contributed by atoms with Gasteiger partial charge in [-0.15, -0.1) is 0 Å². The molecule has 0 aromatic heterocycles. The van der Waals surface area contributed by atoms with Gasteiger partial charge in [-0.2, -0.15) is 0 Å². The molecule has 0 aliphatic heterocycles. The van der Waals surface area contributed by atoms with Gasteiger partial charge in [0.25, 0.3) is 0 Å². The van der Waals surface area contributed by atoms with Gasteiger partial charge in [-0.1, -0.05) is 67.6 Å². The summed E-state index contributed by atoms with van der Waals surface area (Å²) in [7, 11) is -3.65. The summed E-state index contributed by atoms with van der Waals surface area (Å²) >= 11 is 12.4. The standard InChI is InChI=1S/C30H41Cl2N3O5S/c1-4-26(30(37)33-23-12-7-6-8-13-23)34(21-22-17-18-24(31)25(32)20-22)29(36)16-11-19-35(41(3,38)39)27-14-9-10-15-28(27)40-5-2/h9-10,14-15,17-18,20,23,26H,4-8,11-13,16,19,21H2,1-3H3,(H,33,37). The van der Waals surface area contributed by atoms with Crippen molar-refractivity contribution in [2.45, 2.75) is 83.8 Å². The minimum Gasteiger partial charge on any atom is -0.492 e. The van der Waals surface area contributed by atoms with Crippen LogP contribution in [0.5, 0.6) is 5.75 Å². The van der Waals surface area contributed by atoms with Gasteiger partial charge in [0.2, 0.25) is 21.8 Å². The lowest BCUT2D eigenvalue weighted by Gasteiger charge is -2.33. The number of ether oxygens (including phenoxy) is 1. The quantitative estimate of drug-likeness (QED) is 0.270. The van der Waals surface area contributed by atoms with Crippen LogP contribution in [0.4, 0.5) is 5.69 Å². The molecule has 8 nitrogen and oxygen atoms in total. The average molecular weight is 627 g/mol. The van der Waals surface area contributed by atoms with Crippen LogP contribution in [0, 0.1) is 0 Å². The maximum absolute atomic E-state index is 13.7. The molecule has 1 unspecified atom stereocenters. The summed E-state index contributed by atoms with van der Waals surface area (Å²) in [6, 6.07) is 11.5. The lowest BCUT2D eigenvalue weighted by molar-refractivity contribution is -0.141. The van der Waals surface area contributed by atoms with E-state index >= 15 is 0 Å². The van der Waals surface area contributed by atoms with Gasteiger partial charge in [0, 0.05) is 25.6 Å². The number of para-hydroxylation sites is 2. The van der Waals surface area contributed by atoms with Crippen LogP contribution in [0.1, 0.15) is 70.8 Å². The van der Waals surface area contributed by atoms with E-state index in [0.29, 0.717) is 34.5 Å². The van der Waals surface area contributed by atoms with Crippen molar-refractivity contribution in [2.75, 3.05) is 23.7 Å². The molecule has 11 heteroatoms. The summed E-state index contributed by atoms with van der Waals surface area (Å²) in [5.74, 6) is 0.0444. The highest BCUT2D eigenvalue weighted by Crippen LogP contribution is 2.30. The molecule has 1 aliphatic rings. The molecular formula is C30H41Cl2N3O5S. The van der Waals surface area contributed by atoms with E-state index in [1.807, 2.05) is 13.8 Å². The summed E-state index contributed by atoms with van der Waals surface area (Å²) in [4.78, 5) is 28.8. The van der Waals surface area contributed by atoms with Crippen LogP contribution in [-0.2, 0) is 26.2 Å². The molecule has 0 spiro atoms. The zero-order valence-electron chi connectivity index (χ0n) is 24.1. The van der Waals surface area contributed by atoms with Gasteiger partial charge in [0.1, 0.15) is 11.8 Å². The summed E-state index contributed by atoms with van der Waals surface area (Å²) in [5.41, 5.74) is 1.18. The number of rotatable bonds is 14. The molecule has 41 heavy (non-hydrogen) atoms. The second-order valence-corrected chi connectivity index (χ2v) is 13.1. The first kappa shape index (κ1) is 33.0. The van der Waals surface area contributed by atoms with E-state index in [2.05, 4.69) is 5.32 Å². The Kier molecular flexibility index (Phi) is 12.6. The van der Waals surface area contributed by atoms with Crippen molar-refractivity contribution in [1.29, 1.82) is 0 Å². The second kappa shape index (κ2) is 15.7. The number of hydrogen-bond acceptors (Lipinski definition) is 5. The molecule has 1 atom stereocenters. The Morgan fingerprint density at radius 1 is 1.05 bits per heavy atom. The number of anilines is 1. The third-order valence-electron chi connectivity index (χ3n) is 7.26. The number of halogens is 2. The first-order valence-electron chi connectivity index (χ1n) is 14.3. The van der Waals surface area contributed by atoms with E-state index in [0.717, 1.165) is 37.5 Å². The predicted octanol–water partition coefficient (Wildman–Crippen LogP) is 6.19. The highest BCUT2D eigenvalue weighted by molar-refractivity contribution is 7.92. The highest BCUT2D eigenvalue weighted by atomic mass is 35.5. The predicted molar refractivity (Wildman–Crippen MR) is 165 cm³/mol. The van der Waals surface area contributed by atoms with Crippen LogP contribution >= 0.6 is 23.2 Å². The molecular weight excluding hydrogens is 585 g/mol. The van der Waals surface area contributed by atoms with E-state index in [9.17, 15) is 18.0 Å². The monoisotopic (exact) mass is 625 g/mol. The van der Waals surface area contributed by atoms with Crippen LogP contribution in [0.25, 0.3) is 0 Å². The zero-order valence-corrected chi connectivity index (χ0v) is 26.4. The van der Waals surface area contributed by atoms with Crippen molar-refractivity contribution in [3.05, 3.63) is 58.1 Å². The normalized spacial score (nSPS) is 14.8. The minimum absolute atomic E-state index is 0.0529. The second-order valence-electron chi connectivity index (χ2n) is 10.4. The molecule has 0 radical (unpaired) electrons. The highest BCUT2D eigenvalue weighted by Gasteiger charge is 2.31. The molecule has 2 aromatic rings. The topological polar surface area (TPSA) is 96.0 Å². The number of nitrogens with zero attached hydrogens (tertiary/aromatic N) is 2. The van der Waals surface area contributed by atoms with Gasteiger partial charge in [-0.25, -0.2) is 8.42 Å². The summed E-state index contributed by atoms with van der Waals surface area (Å²) in [6.45, 7) is 4.36. The first-order valence-corrected chi connectivity index (χ1v) is 16.9. The minimum atomic E-state index is -3.65. The van der Waals surface area contributed by atoms with Crippen LogP contribution in [0.2, 0.25) is 10.0 Å². The average Bonchev–Trinajstić information content (AvgIpc) is 2.93. The van der Waals surface area contributed by atoms with Crippen molar-refractivity contribution >= 4 is 50.7 Å². The number of benzene rings is 2. The fourth-order valence-electron chi connectivity index (χ4n) is 5.22. The molecule has 226 valence electrons. The summed E-state index contributed by atoms with van der Waals surface area (Å²) in [6.07, 6.45) is 7.09. The maximum atomic E-state index is 13.7. The van der Waals surface area contributed by atoms with Gasteiger partial charge in [-0.05, 0) is 62.4 Å². The Hall–Kier alpha value is -2.49. The van der Waals surface area contributed by atoms with Crippen molar-refractivity contribution in [3.8, 4) is 5.75 Å². The molecule has 1 fully saturated rings. The third-order valence-corrected chi connectivity index (χ3v) is 9.18. The van der Waals surface area contributed by atoms with E-state index in [4.69, 9.17) is 27.9 Å². The van der Waals surface area contributed by atoms with Gasteiger partial charge in [0.05, 0.1) is 28.6 Å². The maximum Gasteiger partial charge on any atom is 0.243 e. The van der Waals surface area contributed by atoms with Gasteiger partial charge < -0.3 is 15.0 Å². The van der Waals surface area contributed by atoms with Crippen LogP contribution < -0.4 is 14.4 Å². The van der Waals surface area contributed by atoms with Crippen molar-refractivity contribution in [2.24, 2.45) is 0 Å². The smallest absolute Gasteiger partial charge is 0.243 e. The molecule has 2 amide bonds. The molecule has 0 heterocycles. The largest absolute Gasteiger partial charge is 0.492 e. The number of nitrogens with one attached hydrogen (secondary N) is 1. The van der Waals surface area contributed by atoms with Gasteiger partial charge in [0.15, 0.2) is 0 Å². The zero-order chi connectivity index (χ0) is 30.0. The lowest BCUT2D eigenvalue weighted by atomic mass is 9.95. The molecule has 3 rings (SSSR count). The number of amides is 2. The van der Waals surface area contributed by atoms with E-state index in [1.165, 1.54) is 10.7 Å². The lowest BCUT2D eigenvalue weighted by Crippen LogP contribution is -2.51. The van der Waals surface area contributed by atoms with Crippen LogP contribution in [-0.4, -0.2) is 56.6 Å². The molecule has 0 bridgehead atoms. The summed E-state index contributed by atoms with van der Waals surface area (Å²) < 4.78 is 32.4. The molecule has 1 N–H and O–H groups in total. The van der Waals surface area contributed by atoms with Crippen molar-refractivity contribution in [1.82, 2.24) is 10.2 Å². The van der Waals surface area contributed by atoms with Crippen molar-refractivity contribution < 1.29 is 22.7 Å². The van der Waals surface area contributed by atoms with Crippen LogP contribution in [0.3, 0.4) is 0 Å². The van der Waals surface area contributed by atoms with Crippen LogP contribution in [0.15, 0.2) is 42.5 Å². The summed E-state index contributed by atoms with van der Waals surface area (Å²) in [5, 5.41) is 3.94. The fourth-order valence-corrected chi connectivity index (χ4v) is 6.51. The Morgan fingerprint density at radius 3 is 2.39 bits per heavy atom. The SMILES string of the molecule is CCOc1ccccc1N(CCCC(=O)N(Cc1ccc(Cl)c(Cl)c1)C(CC)C(=O)NC1CCCCC1)S(C)(=O)=O. The fraction of sp³-hybridized carbons (Fsp3) is 0.533. The third kappa shape index (κ3) is 9.51. The van der Waals surface area contributed by atoms with E-state index in [-0.39, 0.29) is 43.8 Å². The van der Waals surface area contributed by atoms with Gasteiger partial charge >= 0.3 is 0 Å². The molecule has 2 aromatic carbocycles. The first-order chi connectivity index (χ1) is 19.5. The van der Waals surface area contributed by atoms with Gasteiger partial charge in [-0.3, -0.25) is 13.9 Å². The number of sulfonamides is 1. The molecule has 1 saturated carbocycles.